The molecule has 1 aliphatic carbocycles. The summed E-state index contributed by atoms with van der Waals surface area (Å²) in [5.74, 6) is 0.141. The van der Waals surface area contributed by atoms with Gasteiger partial charge in [-0.05, 0) is 68.1 Å². The molecule has 6 nitrogen and oxygen atoms in total. The molecule has 2 bridgehead atoms. The van der Waals surface area contributed by atoms with Crippen LogP contribution in [-0.2, 0) is 0 Å². The number of benzene rings is 1. The second-order valence-corrected chi connectivity index (χ2v) is 8.55. The molecular weight excluding hydrogens is 374 g/mol. The molecule has 30 heavy (non-hydrogen) atoms. The lowest BCUT2D eigenvalue weighted by Crippen LogP contribution is -2.39. The lowest BCUT2D eigenvalue weighted by Gasteiger charge is -2.27. The smallest absolute Gasteiger partial charge is 0.248 e. The molecule has 0 spiro atoms. The van der Waals surface area contributed by atoms with Crippen molar-refractivity contribution in [3.63, 3.8) is 0 Å². The molecular formula is C24H23N5O. The molecule has 2 aliphatic heterocycles. The fraction of sp³-hybridized carbons (Fsp3) is 0.292. The maximum Gasteiger partial charge on any atom is 0.248 e. The Balaban J connectivity index is 1.61. The summed E-state index contributed by atoms with van der Waals surface area (Å²) in [6.07, 6.45) is 5.51. The summed E-state index contributed by atoms with van der Waals surface area (Å²) in [5, 5.41) is 3.35. The van der Waals surface area contributed by atoms with Gasteiger partial charge in [-0.25, -0.2) is 5.43 Å². The second-order valence-electron chi connectivity index (χ2n) is 8.55. The first-order valence-corrected chi connectivity index (χ1v) is 10.5. The minimum absolute atomic E-state index is 0.0221. The van der Waals surface area contributed by atoms with E-state index in [2.05, 4.69) is 33.6 Å². The first-order valence-electron chi connectivity index (χ1n) is 10.5. The van der Waals surface area contributed by atoms with E-state index < -0.39 is 5.91 Å². The summed E-state index contributed by atoms with van der Waals surface area (Å²) in [6, 6.07) is 14.3. The molecule has 2 aromatic heterocycles. The number of amides is 1. The monoisotopic (exact) mass is 397 g/mol. The van der Waals surface area contributed by atoms with Gasteiger partial charge in [0.25, 0.3) is 0 Å². The third-order valence-electron chi connectivity index (χ3n) is 6.77. The van der Waals surface area contributed by atoms with E-state index in [1.807, 2.05) is 31.3 Å². The van der Waals surface area contributed by atoms with E-state index in [0.29, 0.717) is 17.5 Å². The van der Waals surface area contributed by atoms with Crippen LogP contribution in [0.25, 0.3) is 16.5 Å². The molecule has 0 radical (unpaired) electrons. The molecule has 3 aromatic rings. The highest BCUT2D eigenvalue weighted by Crippen LogP contribution is 2.53. The van der Waals surface area contributed by atoms with Gasteiger partial charge < -0.3 is 10.7 Å². The van der Waals surface area contributed by atoms with E-state index in [4.69, 9.17) is 10.7 Å². The number of nitrogens with one attached hydrogen (secondary N) is 1. The van der Waals surface area contributed by atoms with Gasteiger partial charge in [0, 0.05) is 46.1 Å². The quantitative estimate of drug-likeness (QED) is 0.707. The predicted molar refractivity (Wildman–Crippen MR) is 115 cm³/mol. The summed E-state index contributed by atoms with van der Waals surface area (Å²) < 4.78 is 0. The van der Waals surface area contributed by atoms with E-state index in [0.717, 1.165) is 27.9 Å². The first-order chi connectivity index (χ1) is 14.6. The van der Waals surface area contributed by atoms with Gasteiger partial charge in [-0.15, -0.1) is 0 Å². The molecule has 4 heterocycles. The van der Waals surface area contributed by atoms with Crippen LogP contribution in [0.5, 0.6) is 0 Å². The summed E-state index contributed by atoms with van der Waals surface area (Å²) >= 11 is 0. The molecule has 3 N–H and O–H groups in total. The Morgan fingerprint density at radius 2 is 2.10 bits per heavy atom. The number of allylic oxidation sites excluding steroid dienone is 1. The van der Waals surface area contributed by atoms with Gasteiger partial charge in [-0.3, -0.25) is 14.8 Å². The molecule has 1 saturated carbocycles. The lowest BCUT2D eigenvalue weighted by molar-refractivity contribution is 0.100. The second kappa shape index (κ2) is 6.37. The van der Waals surface area contributed by atoms with Crippen molar-refractivity contribution in [1.29, 1.82) is 0 Å². The number of carbonyl (C=O) groups excluding carboxylic acids is 1. The predicted octanol–water partition coefficient (Wildman–Crippen LogP) is 3.49. The fourth-order valence-corrected chi connectivity index (χ4v) is 5.48. The molecule has 1 amide bonds. The molecule has 2 fully saturated rings. The topological polar surface area (TPSA) is 84.1 Å². The van der Waals surface area contributed by atoms with E-state index in [9.17, 15) is 4.79 Å². The zero-order chi connectivity index (χ0) is 20.4. The summed E-state index contributed by atoms with van der Waals surface area (Å²) in [6.45, 7) is 2.02. The fourth-order valence-electron chi connectivity index (χ4n) is 5.48. The van der Waals surface area contributed by atoms with Crippen LogP contribution in [0.4, 0.5) is 0 Å². The van der Waals surface area contributed by atoms with Crippen molar-refractivity contribution in [2.24, 2.45) is 11.7 Å². The van der Waals surface area contributed by atoms with Crippen molar-refractivity contribution in [2.45, 2.75) is 38.3 Å². The van der Waals surface area contributed by atoms with Crippen LogP contribution < -0.4 is 11.2 Å². The number of rotatable bonds is 3. The van der Waals surface area contributed by atoms with Crippen LogP contribution in [0, 0.1) is 12.8 Å². The summed E-state index contributed by atoms with van der Waals surface area (Å²) in [4.78, 5) is 21.2. The summed E-state index contributed by atoms with van der Waals surface area (Å²) in [7, 11) is 0. The number of piperidine rings is 1. The van der Waals surface area contributed by atoms with Crippen molar-refractivity contribution < 1.29 is 4.79 Å². The number of pyridine rings is 2. The third kappa shape index (κ3) is 2.50. The van der Waals surface area contributed by atoms with Gasteiger partial charge in [0.1, 0.15) is 0 Å². The largest absolute Gasteiger partial charge is 0.366 e. The number of hydrazine groups is 1. The number of fused-ring (bicyclic) bond motifs is 6. The molecule has 6 heteroatoms. The molecule has 3 atom stereocenters. The van der Waals surface area contributed by atoms with Crippen LogP contribution >= 0.6 is 0 Å². The zero-order valence-corrected chi connectivity index (χ0v) is 16.8. The maximum atomic E-state index is 11.8. The van der Waals surface area contributed by atoms with Crippen LogP contribution in [0.15, 0.2) is 54.4 Å². The minimum atomic E-state index is -0.424. The van der Waals surface area contributed by atoms with Crippen LogP contribution in [-0.4, -0.2) is 26.9 Å². The molecule has 3 aliphatic rings. The Labute approximate surface area is 174 Å². The minimum Gasteiger partial charge on any atom is -0.366 e. The van der Waals surface area contributed by atoms with Gasteiger partial charge >= 0.3 is 0 Å². The van der Waals surface area contributed by atoms with Gasteiger partial charge in [-0.2, -0.15) is 0 Å². The Kier molecular flexibility index (Phi) is 3.74. The highest BCUT2D eigenvalue weighted by atomic mass is 16.1. The number of nitrogens with two attached hydrogens (primary N) is 1. The molecule has 3 unspecified atom stereocenters. The number of carbonyl (C=O) groups is 1. The Bertz CT molecular complexity index is 1230. The van der Waals surface area contributed by atoms with Crippen LogP contribution in [0.2, 0.25) is 0 Å². The normalized spacial score (nSPS) is 24.7. The van der Waals surface area contributed by atoms with Crippen molar-refractivity contribution in [3.05, 3.63) is 76.9 Å². The maximum absolute atomic E-state index is 11.8. The average molecular weight is 397 g/mol. The van der Waals surface area contributed by atoms with E-state index >= 15 is 0 Å². The van der Waals surface area contributed by atoms with Crippen molar-refractivity contribution in [2.75, 3.05) is 0 Å². The molecule has 150 valence electrons. The number of aromatic nitrogens is 2. The van der Waals surface area contributed by atoms with Crippen LogP contribution in [0.3, 0.4) is 0 Å². The number of hydrogen-bond donors (Lipinski definition) is 2. The van der Waals surface area contributed by atoms with Crippen molar-refractivity contribution >= 4 is 22.4 Å². The molecule has 6 rings (SSSR count). The van der Waals surface area contributed by atoms with E-state index in [-0.39, 0.29) is 6.04 Å². The lowest BCUT2D eigenvalue weighted by atomic mass is 9.88. The number of primary amides is 1. The van der Waals surface area contributed by atoms with Crippen LogP contribution in [0.1, 0.15) is 52.6 Å². The highest BCUT2D eigenvalue weighted by Gasteiger charge is 2.49. The number of hydrogen-bond acceptors (Lipinski definition) is 5. The SMILES string of the molecule is Cc1cccc(C2NN3C(=C2c2ccnc4ccc(C(N)=O)cc24)C2CCC3C2)n1. The first kappa shape index (κ1) is 17.6. The van der Waals surface area contributed by atoms with Gasteiger partial charge in [0.05, 0.1) is 17.3 Å². The Hall–Kier alpha value is -3.25. The third-order valence-corrected chi connectivity index (χ3v) is 6.77. The highest BCUT2D eigenvalue weighted by molar-refractivity contribution is 6.00. The van der Waals surface area contributed by atoms with Gasteiger partial charge in [0.2, 0.25) is 5.91 Å². The molecule has 1 aromatic carbocycles. The summed E-state index contributed by atoms with van der Waals surface area (Å²) in [5.41, 5.74) is 16.5. The van der Waals surface area contributed by atoms with Crippen molar-refractivity contribution in [3.8, 4) is 0 Å². The Morgan fingerprint density at radius 1 is 1.20 bits per heavy atom. The van der Waals surface area contributed by atoms with Crippen molar-refractivity contribution in [1.82, 2.24) is 20.4 Å². The van der Waals surface area contributed by atoms with Gasteiger partial charge in [0.15, 0.2) is 0 Å². The zero-order valence-electron chi connectivity index (χ0n) is 16.8. The number of nitrogens with zero attached hydrogens (tertiary/aromatic N) is 3. The van der Waals surface area contributed by atoms with Gasteiger partial charge in [-0.1, -0.05) is 6.07 Å². The van der Waals surface area contributed by atoms with E-state index in [1.165, 1.54) is 30.5 Å². The Morgan fingerprint density at radius 3 is 2.93 bits per heavy atom. The number of aryl methyl sites for hydroxylation is 1. The molecule has 1 saturated heterocycles. The van der Waals surface area contributed by atoms with E-state index in [1.54, 1.807) is 6.07 Å². The standard InChI is InChI=1S/C24H23N5O/c1-13-3-2-4-20(27-13)22-21(23-14-5-7-16(11-14)29(23)28-22)17-9-10-26-19-8-6-15(24(25)30)12-18(17)19/h2-4,6,8-10,12,14,16,22,28H,5,7,11H2,1H3,(H2,25,30). The average Bonchev–Trinajstić information content (AvgIpc) is 3.45.